The molecule has 0 aromatic heterocycles. The van der Waals surface area contributed by atoms with E-state index >= 15 is 0 Å². The summed E-state index contributed by atoms with van der Waals surface area (Å²) in [6, 6.07) is 0. The molecular weight excluding hydrogens is 755 g/mol. The Kier molecular flexibility index (Phi) is 48.9. The van der Waals surface area contributed by atoms with E-state index in [4.69, 9.17) is 9.47 Å². The van der Waals surface area contributed by atoms with Crippen molar-refractivity contribution in [2.75, 3.05) is 39.5 Å². The molecule has 0 radical (unpaired) electrons. The third-order valence-corrected chi connectivity index (χ3v) is 13.1. The van der Waals surface area contributed by atoms with E-state index in [-0.39, 0.29) is 30.4 Å². The molecule has 0 fully saturated rings. The van der Waals surface area contributed by atoms with Crippen molar-refractivity contribution in [3.8, 4) is 0 Å². The van der Waals surface area contributed by atoms with Crippen LogP contribution in [0.25, 0.3) is 0 Å². The summed E-state index contributed by atoms with van der Waals surface area (Å²) >= 11 is 0. The molecule has 364 valence electrons. The zero-order valence-electron chi connectivity index (χ0n) is 41.9. The van der Waals surface area contributed by atoms with Gasteiger partial charge in [0.1, 0.15) is 0 Å². The molecule has 0 aromatic carbocycles. The number of esters is 2. The van der Waals surface area contributed by atoms with Gasteiger partial charge >= 0.3 is 11.9 Å². The molecule has 0 saturated heterocycles. The number of aliphatic hydroxyl groups is 1. The number of carbonyl (C=O) groups excluding carboxylic acids is 2. The number of unbranched alkanes of at least 4 members (excludes halogenated alkanes) is 30. The maximum atomic E-state index is 13.1. The Labute approximate surface area is 382 Å². The summed E-state index contributed by atoms with van der Waals surface area (Å²) in [5, 5.41) is 9.51. The molecule has 0 saturated carbocycles. The molecule has 61 heavy (non-hydrogen) atoms. The zero-order chi connectivity index (χ0) is 44.5. The molecule has 1 N–H and O–H groups in total. The maximum absolute atomic E-state index is 13.1. The van der Waals surface area contributed by atoms with Crippen molar-refractivity contribution in [2.45, 2.75) is 291 Å². The van der Waals surface area contributed by atoms with Gasteiger partial charge in [0.25, 0.3) is 0 Å². The van der Waals surface area contributed by atoms with Crippen LogP contribution >= 0.6 is 0 Å². The number of hydrogen-bond acceptors (Lipinski definition) is 6. The van der Waals surface area contributed by atoms with E-state index in [1.807, 2.05) is 0 Å². The van der Waals surface area contributed by atoms with Gasteiger partial charge in [0.15, 0.2) is 0 Å². The van der Waals surface area contributed by atoms with Gasteiger partial charge in [0, 0.05) is 13.2 Å². The van der Waals surface area contributed by atoms with E-state index in [0.717, 1.165) is 129 Å². The molecule has 0 aliphatic heterocycles. The topological polar surface area (TPSA) is 76.1 Å². The Morgan fingerprint density at radius 1 is 0.344 bits per heavy atom. The zero-order valence-corrected chi connectivity index (χ0v) is 41.9. The average molecular weight is 864 g/mol. The van der Waals surface area contributed by atoms with Gasteiger partial charge in [0.05, 0.1) is 25.0 Å². The summed E-state index contributed by atoms with van der Waals surface area (Å²) in [6.45, 7) is 13.5. The Balaban J connectivity index is 4.41. The fraction of sp³-hybridized carbons (Fsp3) is 0.964. The van der Waals surface area contributed by atoms with Gasteiger partial charge < -0.3 is 19.5 Å². The molecule has 6 nitrogen and oxygen atoms in total. The van der Waals surface area contributed by atoms with Crippen molar-refractivity contribution < 1.29 is 24.2 Å². The molecule has 2 unspecified atom stereocenters. The molecule has 0 bridgehead atoms. The van der Waals surface area contributed by atoms with E-state index in [2.05, 4.69) is 32.6 Å². The van der Waals surface area contributed by atoms with Gasteiger partial charge in [-0.1, -0.05) is 233 Å². The lowest BCUT2D eigenvalue weighted by molar-refractivity contribution is -0.150. The Morgan fingerprint density at radius 3 is 0.885 bits per heavy atom. The summed E-state index contributed by atoms with van der Waals surface area (Å²) in [6.07, 6.45) is 49.6. The molecule has 0 aromatic rings. The first-order valence-electron chi connectivity index (χ1n) is 27.7. The largest absolute Gasteiger partial charge is 0.465 e. The van der Waals surface area contributed by atoms with Crippen LogP contribution < -0.4 is 0 Å². The van der Waals surface area contributed by atoms with E-state index in [9.17, 15) is 14.7 Å². The lowest BCUT2D eigenvalue weighted by Gasteiger charge is -2.22. The maximum Gasteiger partial charge on any atom is 0.308 e. The van der Waals surface area contributed by atoms with Gasteiger partial charge in [-0.2, -0.15) is 0 Å². The molecule has 0 spiro atoms. The molecule has 0 heterocycles. The highest BCUT2D eigenvalue weighted by atomic mass is 16.5. The molecule has 2 atom stereocenters. The van der Waals surface area contributed by atoms with Crippen molar-refractivity contribution in [3.63, 3.8) is 0 Å². The van der Waals surface area contributed by atoms with E-state index in [1.54, 1.807) is 0 Å². The van der Waals surface area contributed by atoms with Crippen LogP contribution in [0.2, 0.25) is 0 Å². The van der Waals surface area contributed by atoms with Crippen LogP contribution in [0.15, 0.2) is 0 Å². The second-order valence-corrected chi connectivity index (χ2v) is 19.1. The van der Waals surface area contributed by atoms with Gasteiger partial charge in [-0.15, -0.1) is 0 Å². The quantitative estimate of drug-likeness (QED) is 0.0485. The second-order valence-electron chi connectivity index (χ2n) is 19.1. The third kappa shape index (κ3) is 42.6. The third-order valence-electron chi connectivity index (χ3n) is 13.1. The predicted molar refractivity (Wildman–Crippen MR) is 264 cm³/mol. The van der Waals surface area contributed by atoms with Crippen molar-refractivity contribution >= 4 is 11.9 Å². The van der Waals surface area contributed by atoms with Crippen LogP contribution in [0.1, 0.15) is 291 Å². The smallest absolute Gasteiger partial charge is 0.308 e. The van der Waals surface area contributed by atoms with Crippen LogP contribution in [-0.2, 0) is 19.1 Å². The molecule has 0 amide bonds. The first-order valence-corrected chi connectivity index (χ1v) is 27.7. The van der Waals surface area contributed by atoms with Crippen molar-refractivity contribution in [3.05, 3.63) is 0 Å². The predicted octanol–water partition coefficient (Wildman–Crippen LogP) is 16.7. The molecular formula is C55H109NO5. The van der Waals surface area contributed by atoms with E-state index in [1.165, 1.54) is 154 Å². The van der Waals surface area contributed by atoms with Crippen molar-refractivity contribution in [1.29, 1.82) is 0 Å². The summed E-state index contributed by atoms with van der Waals surface area (Å²) in [4.78, 5) is 28.8. The second kappa shape index (κ2) is 49.9. The van der Waals surface area contributed by atoms with Crippen LogP contribution in [0.3, 0.4) is 0 Å². The molecule has 0 aliphatic rings. The minimum Gasteiger partial charge on any atom is -0.465 e. The number of hydrogen-bond donors (Lipinski definition) is 1. The minimum atomic E-state index is 0.0617. The van der Waals surface area contributed by atoms with Crippen LogP contribution in [0.5, 0.6) is 0 Å². The SMILES string of the molecule is CCCCCCCCCCC(CCCCCCCC)C(=O)OCCCCCCN(CCCO)CCCCCCOC(=O)C(CCCCCCCC)CCCCCCCCCC. The van der Waals surface area contributed by atoms with Crippen LogP contribution in [0.4, 0.5) is 0 Å². The van der Waals surface area contributed by atoms with Crippen LogP contribution in [-0.4, -0.2) is 61.4 Å². The van der Waals surface area contributed by atoms with Gasteiger partial charge in [-0.3, -0.25) is 9.59 Å². The molecule has 6 heteroatoms. The number of nitrogens with zero attached hydrogens (tertiary/aromatic N) is 1. The normalized spacial score (nSPS) is 12.6. The number of carbonyl (C=O) groups is 2. The number of aliphatic hydroxyl groups excluding tert-OH is 1. The highest BCUT2D eigenvalue weighted by molar-refractivity contribution is 5.72. The van der Waals surface area contributed by atoms with Gasteiger partial charge in [0.2, 0.25) is 0 Å². The summed E-state index contributed by atoms with van der Waals surface area (Å²) in [7, 11) is 0. The summed E-state index contributed by atoms with van der Waals surface area (Å²) < 4.78 is 11.8. The summed E-state index contributed by atoms with van der Waals surface area (Å²) in [5.74, 6) is 0.295. The minimum absolute atomic E-state index is 0.0617. The number of rotatable bonds is 51. The Morgan fingerprint density at radius 2 is 0.590 bits per heavy atom. The van der Waals surface area contributed by atoms with Gasteiger partial charge in [-0.05, 0) is 70.9 Å². The monoisotopic (exact) mass is 864 g/mol. The number of ether oxygens (including phenoxy) is 2. The first-order chi connectivity index (χ1) is 30.0. The fourth-order valence-electron chi connectivity index (χ4n) is 8.94. The van der Waals surface area contributed by atoms with Crippen molar-refractivity contribution in [1.82, 2.24) is 4.90 Å². The first kappa shape index (κ1) is 59.9. The van der Waals surface area contributed by atoms with Gasteiger partial charge in [-0.25, -0.2) is 0 Å². The van der Waals surface area contributed by atoms with Crippen LogP contribution in [0, 0.1) is 11.8 Å². The highest BCUT2D eigenvalue weighted by Crippen LogP contribution is 2.23. The average Bonchev–Trinajstić information content (AvgIpc) is 3.26. The Hall–Kier alpha value is -1.14. The molecule has 0 aliphatic carbocycles. The fourth-order valence-corrected chi connectivity index (χ4v) is 8.94. The lowest BCUT2D eigenvalue weighted by atomic mass is 9.94. The summed E-state index contributed by atoms with van der Waals surface area (Å²) in [5.41, 5.74) is 0. The van der Waals surface area contributed by atoms with E-state index < -0.39 is 0 Å². The highest BCUT2D eigenvalue weighted by Gasteiger charge is 2.20. The van der Waals surface area contributed by atoms with E-state index in [0.29, 0.717) is 13.2 Å². The lowest BCUT2D eigenvalue weighted by Crippen LogP contribution is -2.28. The van der Waals surface area contributed by atoms with Crippen molar-refractivity contribution in [2.24, 2.45) is 11.8 Å². The standard InChI is InChI=1S/C55H109NO5/c1-5-9-13-17-21-23-27-35-44-52(42-33-25-19-15-11-7-3)54(58)60-50-39-31-29-37-46-56(48-41-49-57)47-38-30-32-40-51-61-55(59)53(43-34-26-20-16-12-8-4)45-36-28-24-22-18-14-10-6-2/h52-53,57H,5-51H2,1-4H3. The Bertz CT molecular complexity index is 816. The molecule has 0 rings (SSSR count).